The zero-order chi connectivity index (χ0) is 22.2. The summed E-state index contributed by atoms with van der Waals surface area (Å²) in [5, 5.41) is 7.57. The maximum Gasteiger partial charge on any atom is 0.263 e. The lowest BCUT2D eigenvalue weighted by atomic mass is 9.88. The first kappa shape index (κ1) is 22.6. The molecule has 2 heterocycles. The van der Waals surface area contributed by atoms with E-state index in [1.54, 1.807) is 30.3 Å². The molecule has 1 fully saturated rings. The van der Waals surface area contributed by atoms with Gasteiger partial charge in [-0.2, -0.15) is 0 Å². The first-order valence-electron chi connectivity index (χ1n) is 10.2. The Balaban J connectivity index is 1.69. The maximum atomic E-state index is 12.8. The first-order valence-corrected chi connectivity index (χ1v) is 11.1. The maximum absolute atomic E-state index is 12.8. The highest BCUT2D eigenvalue weighted by molar-refractivity contribution is 7.12. The van der Waals surface area contributed by atoms with Crippen molar-refractivity contribution in [2.24, 2.45) is 5.92 Å². The average Bonchev–Trinajstić information content (AvgIpc) is 3.35. The summed E-state index contributed by atoms with van der Waals surface area (Å²) in [6, 6.07) is 9.78. The van der Waals surface area contributed by atoms with E-state index in [4.69, 9.17) is 4.74 Å². The lowest BCUT2D eigenvalue weighted by Gasteiger charge is -2.35. The van der Waals surface area contributed by atoms with Crippen molar-refractivity contribution in [3.05, 3.63) is 64.9 Å². The zero-order valence-corrected chi connectivity index (χ0v) is 18.3. The molecule has 1 atom stereocenters. The third kappa shape index (κ3) is 5.73. The number of rotatable bonds is 8. The van der Waals surface area contributed by atoms with Crippen LogP contribution in [-0.2, 0) is 4.79 Å². The van der Waals surface area contributed by atoms with Gasteiger partial charge in [0.2, 0.25) is 5.91 Å². The van der Waals surface area contributed by atoms with Gasteiger partial charge in [-0.1, -0.05) is 18.2 Å². The minimum Gasteiger partial charge on any atom is -0.497 e. The number of carbonyl (C=O) groups is 3. The number of benzene rings is 1. The van der Waals surface area contributed by atoms with Crippen molar-refractivity contribution >= 4 is 29.1 Å². The molecule has 31 heavy (non-hydrogen) atoms. The van der Waals surface area contributed by atoms with Crippen molar-refractivity contribution < 1.29 is 19.1 Å². The molecule has 1 aliphatic rings. The summed E-state index contributed by atoms with van der Waals surface area (Å²) in [5.41, 5.74) is 0.422. The highest BCUT2D eigenvalue weighted by Gasteiger charge is 2.34. The summed E-state index contributed by atoms with van der Waals surface area (Å²) in [7, 11) is 1.54. The van der Waals surface area contributed by atoms with Gasteiger partial charge in [-0.15, -0.1) is 17.9 Å². The van der Waals surface area contributed by atoms with Crippen molar-refractivity contribution in [2.45, 2.75) is 18.9 Å². The Kier molecular flexibility index (Phi) is 7.83. The number of amides is 3. The van der Waals surface area contributed by atoms with Crippen molar-refractivity contribution in [2.75, 3.05) is 26.7 Å². The van der Waals surface area contributed by atoms with E-state index in [-0.39, 0.29) is 23.6 Å². The van der Waals surface area contributed by atoms with Gasteiger partial charge in [-0.25, -0.2) is 0 Å². The molecule has 1 unspecified atom stereocenters. The number of nitrogens with one attached hydrogen (secondary N) is 2. The molecule has 7 nitrogen and oxygen atoms in total. The van der Waals surface area contributed by atoms with Crippen LogP contribution in [0, 0.1) is 5.92 Å². The summed E-state index contributed by atoms with van der Waals surface area (Å²) >= 11 is 1.42. The van der Waals surface area contributed by atoms with Crippen LogP contribution in [0.3, 0.4) is 0 Å². The summed E-state index contributed by atoms with van der Waals surface area (Å²) in [5.74, 6) is -0.0806. The van der Waals surface area contributed by atoms with Gasteiger partial charge in [0.1, 0.15) is 11.8 Å². The van der Waals surface area contributed by atoms with Crippen molar-refractivity contribution in [1.82, 2.24) is 15.5 Å². The summed E-state index contributed by atoms with van der Waals surface area (Å²) in [6.45, 7) is 5.03. The molecule has 8 heteroatoms. The second-order valence-corrected chi connectivity index (χ2v) is 8.27. The molecule has 164 valence electrons. The number of nitrogens with zero attached hydrogens (tertiary/aromatic N) is 1. The van der Waals surface area contributed by atoms with Crippen LogP contribution in [0.15, 0.2) is 54.4 Å². The number of hydrogen-bond donors (Lipinski definition) is 2. The molecule has 1 saturated heterocycles. The predicted octanol–water partition coefficient (Wildman–Crippen LogP) is 2.71. The van der Waals surface area contributed by atoms with Crippen LogP contribution in [0.4, 0.5) is 0 Å². The van der Waals surface area contributed by atoms with E-state index in [9.17, 15) is 14.4 Å². The molecular formula is C23H27N3O4S. The molecule has 2 aromatic rings. The van der Waals surface area contributed by atoms with Crippen LogP contribution >= 0.6 is 11.3 Å². The van der Waals surface area contributed by atoms with Crippen LogP contribution < -0.4 is 15.4 Å². The summed E-state index contributed by atoms with van der Waals surface area (Å²) in [4.78, 5) is 40.8. The normalized spacial score (nSPS) is 15.1. The van der Waals surface area contributed by atoms with Crippen LogP contribution in [-0.4, -0.2) is 55.4 Å². The molecule has 1 aromatic carbocycles. The van der Waals surface area contributed by atoms with E-state index in [0.717, 1.165) is 0 Å². The molecule has 1 aliphatic heterocycles. The number of ether oxygens (including phenoxy) is 1. The third-order valence-corrected chi connectivity index (χ3v) is 6.21. The quantitative estimate of drug-likeness (QED) is 0.617. The van der Waals surface area contributed by atoms with E-state index in [1.807, 2.05) is 22.4 Å². The number of carbonyl (C=O) groups excluding carboxylic acids is 3. The van der Waals surface area contributed by atoms with Crippen molar-refractivity contribution in [3.63, 3.8) is 0 Å². The minimum atomic E-state index is -0.697. The number of thiophene rings is 1. The average molecular weight is 442 g/mol. The van der Waals surface area contributed by atoms with E-state index < -0.39 is 6.04 Å². The standard InChI is InChI=1S/C23H27N3O4S/c1-3-11-24-22(28)20(25-21(27)17-6-4-7-18(15-17)30-2)16-9-12-26(13-10-16)23(29)19-8-5-14-31-19/h3-8,14-16,20H,1,9-13H2,2H3,(H,24,28)(H,25,27). The van der Waals surface area contributed by atoms with Crippen molar-refractivity contribution in [1.29, 1.82) is 0 Å². The fraction of sp³-hybridized carbons (Fsp3) is 0.348. The van der Waals surface area contributed by atoms with Gasteiger partial charge in [0.25, 0.3) is 11.8 Å². The molecule has 0 spiro atoms. The number of piperidine rings is 1. The Morgan fingerprint density at radius 1 is 1.26 bits per heavy atom. The minimum absolute atomic E-state index is 0.0153. The fourth-order valence-corrected chi connectivity index (χ4v) is 4.35. The zero-order valence-electron chi connectivity index (χ0n) is 17.5. The smallest absolute Gasteiger partial charge is 0.263 e. The van der Waals surface area contributed by atoms with E-state index >= 15 is 0 Å². The molecule has 0 saturated carbocycles. The monoisotopic (exact) mass is 441 g/mol. The first-order chi connectivity index (χ1) is 15.0. The second kappa shape index (κ2) is 10.8. The SMILES string of the molecule is C=CCNC(=O)C(NC(=O)c1cccc(OC)c1)C1CCN(C(=O)c2cccs2)CC1. The number of methoxy groups -OCH3 is 1. The Bertz CT molecular complexity index is 921. The van der Waals surface area contributed by atoms with Gasteiger partial charge in [0, 0.05) is 25.2 Å². The molecular weight excluding hydrogens is 414 g/mol. The lowest BCUT2D eigenvalue weighted by Crippen LogP contribution is -2.53. The van der Waals surface area contributed by atoms with E-state index in [2.05, 4.69) is 17.2 Å². The predicted molar refractivity (Wildman–Crippen MR) is 120 cm³/mol. The van der Waals surface area contributed by atoms with E-state index in [0.29, 0.717) is 48.7 Å². The Morgan fingerprint density at radius 3 is 2.68 bits per heavy atom. The second-order valence-electron chi connectivity index (χ2n) is 7.32. The van der Waals surface area contributed by atoms with Gasteiger partial charge in [-0.3, -0.25) is 14.4 Å². The van der Waals surface area contributed by atoms with E-state index in [1.165, 1.54) is 18.4 Å². The topological polar surface area (TPSA) is 87.7 Å². The Labute approximate surface area is 186 Å². The Morgan fingerprint density at radius 2 is 2.03 bits per heavy atom. The summed E-state index contributed by atoms with van der Waals surface area (Å²) in [6.07, 6.45) is 2.85. The molecule has 0 aliphatic carbocycles. The molecule has 3 amide bonds. The molecule has 3 rings (SSSR count). The van der Waals surface area contributed by atoms with Gasteiger partial charge in [-0.05, 0) is 48.4 Å². The van der Waals surface area contributed by atoms with Gasteiger partial charge >= 0.3 is 0 Å². The lowest BCUT2D eigenvalue weighted by molar-refractivity contribution is -0.124. The van der Waals surface area contributed by atoms with Crippen LogP contribution in [0.5, 0.6) is 5.75 Å². The molecule has 0 bridgehead atoms. The Hall–Kier alpha value is -3.13. The third-order valence-electron chi connectivity index (χ3n) is 5.35. The van der Waals surface area contributed by atoms with Crippen LogP contribution in [0.25, 0.3) is 0 Å². The number of hydrogen-bond acceptors (Lipinski definition) is 5. The summed E-state index contributed by atoms with van der Waals surface area (Å²) < 4.78 is 5.18. The van der Waals surface area contributed by atoms with Crippen LogP contribution in [0.1, 0.15) is 32.9 Å². The highest BCUT2D eigenvalue weighted by Crippen LogP contribution is 2.24. The molecule has 2 N–H and O–H groups in total. The highest BCUT2D eigenvalue weighted by atomic mass is 32.1. The van der Waals surface area contributed by atoms with Crippen LogP contribution in [0.2, 0.25) is 0 Å². The number of likely N-dealkylation sites (tertiary alicyclic amines) is 1. The fourth-order valence-electron chi connectivity index (χ4n) is 3.66. The van der Waals surface area contributed by atoms with Gasteiger partial charge in [0.05, 0.1) is 12.0 Å². The largest absolute Gasteiger partial charge is 0.497 e. The molecule has 0 radical (unpaired) electrons. The molecule has 1 aromatic heterocycles. The van der Waals surface area contributed by atoms with Gasteiger partial charge in [0.15, 0.2) is 0 Å². The van der Waals surface area contributed by atoms with Crippen molar-refractivity contribution in [3.8, 4) is 5.75 Å². The van der Waals surface area contributed by atoms with Gasteiger partial charge < -0.3 is 20.3 Å².